The Morgan fingerprint density at radius 3 is 2.73 bits per heavy atom. The quantitative estimate of drug-likeness (QED) is 0.797. The number of anilines is 1. The van der Waals surface area contributed by atoms with Crippen molar-refractivity contribution in [3.63, 3.8) is 0 Å². The van der Waals surface area contributed by atoms with Crippen LogP contribution < -0.4 is 20.8 Å². The molecule has 2 aliphatic carbocycles. The van der Waals surface area contributed by atoms with E-state index < -0.39 is 17.2 Å². The number of aromatic nitrogens is 1. The van der Waals surface area contributed by atoms with E-state index in [1.165, 1.54) is 19.4 Å². The monoisotopic (exact) mass is 415 g/mol. The van der Waals surface area contributed by atoms with Gasteiger partial charge in [-0.15, -0.1) is 0 Å². The minimum atomic E-state index is -1.31. The molecule has 7 nitrogen and oxygen atoms in total. The van der Waals surface area contributed by atoms with Crippen molar-refractivity contribution in [1.82, 2.24) is 4.57 Å². The number of benzene rings is 1. The van der Waals surface area contributed by atoms with E-state index in [1.807, 2.05) is 4.90 Å². The highest BCUT2D eigenvalue weighted by Gasteiger charge is 2.46. The summed E-state index contributed by atoms with van der Waals surface area (Å²) in [4.78, 5) is 26.4. The molecule has 0 bridgehead atoms. The van der Waals surface area contributed by atoms with E-state index >= 15 is 4.39 Å². The molecule has 1 unspecified atom stereocenters. The van der Waals surface area contributed by atoms with Crippen molar-refractivity contribution in [2.45, 2.75) is 50.1 Å². The maximum atomic E-state index is 15.4. The van der Waals surface area contributed by atoms with Crippen LogP contribution >= 0.6 is 0 Å². The van der Waals surface area contributed by atoms with Gasteiger partial charge in [-0.3, -0.25) is 4.79 Å². The summed E-state index contributed by atoms with van der Waals surface area (Å²) in [5.41, 5.74) is 6.09. The van der Waals surface area contributed by atoms with Crippen LogP contribution in [0.3, 0.4) is 0 Å². The molecule has 0 amide bonds. The molecule has 1 aromatic heterocycles. The molecule has 2 atom stereocenters. The van der Waals surface area contributed by atoms with Gasteiger partial charge in [-0.2, -0.15) is 0 Å². The van der Waals surface area contributed by atoms with Crippen LogP contribution in [0, 0.1) is 11.7 Å². The number of hydrogen-bond donors (Lipinski definition) is 2. The smallest absolute Gasteiger partial charge is 0.341 e. The number of ether oxygens (including phenoxy) is 1. The predicted molar refractivity (Wildman–Crippen MR) is 111 cm³/mol. The highest BCUT2D eigenvalue weighted by molar-refractivity contribution is 5.97. The van der Waals surface area contributed by atoms with E-state index in [1.54, 1.807) is 4.57 Å². The molecule has 1 aliphatic heterocycles. The first-order valence-electron chi connectivity index (χ1n) is 10.6. The number of halogens is 1. The van der Waals surface area contributed by atoms with E-state index in [-0.39, 0.29) is 28.3 Å². The number of carbonyl (C=O) groups is 1. The first kappa shape index (κ1) is 19.4. The van der Waals surface area contributed by atoms with Gasteiger partial charge in [-0.1, -0.05) is 12.8 Å². The lowest BCUT2D eigenvalue weighted by molar-refractivity contribution is 0.0695. The summed E-state index contributed by atoms with van der Waals surface area (Å²) >= 11 is 0. The van der Waals surface area contributed by atoms with Crippen molar-refractivity contribution >= 4 is 22.6 Å². The van der Waals surface area contributed by atoms with Gasteiger partial charge in [0.15, 0.2) is 11.6 Å². The predicted octanol–water partition coefficient (Wildman–Crippen LogP) is 2.89. The molecule has 3 fully saturated rings. The van der Waals surface area contributed by atoms with Crippen molar-refractivity contribution in [3.8, 4) is 5.75 Å². The van der Waals surface area contributed by atoms with Crippen molar-refractivity contribution in [3.05, 3.63) is 33.9 Å². The lowest BCUT2D eigenvalue weighted by Gasteiger charge is -2.34. The Hall–Kier alpha value is -2.61. The average Bonchev–Trinajstić information content (AvgIpc) is 3.48. The molecule has 2 saturated carbocycles. The zero-order chi connectivity index (χ0) is 21.2. The van der Waals surface area contributed by atoms with Crippen molar-refractivity contribution in [2.75, 3.05) is 25.1 Å². The van der Waals surface area contributed by atoms with Crippen LogP contribution in [0.1, 0.15) is 54.9 Å². The third-order valence-electron chi connectivity index (χ3n) is 7.07. The number of rotatable bonds is 4. The number of aromatic carboxylic acids is 1. The zero-order valence-electron chi connectivity index (χ0n) is 17.0. The standard InChI is InChI=1S/C22H26FN3O4/c1-30-20-17-14(19(27)15(21(28)29)10-26(17)13-5-6-13)8-16(23)18(20)25-9-12-4-2-3-7-22(12,24)11-25/h8,10,12-13H,2-7,9,11,24H2,1H3,(H,28,29)/t12?,22-/m1/s1. The highest BCUT2D eigenvalue weighted by Crippen LogP contribution is 2.47. The zero-order valence-corrected chi connectivity index (χ0v) is 17.0. The van der Waals surface area contributed by atoms with Gasteiger partial charge in [-0.05, 0) is 37.7 Å². The summed E-state index contributed by atoms with van der Waals surface area (Å²) in [5, 5.41) is 9.50. The molecule has 0 radical (unpaired) electrons. The molecule has 2 aromatic rings. The van der Waals surface area contributed by atoms with E-state index in [2.05, 4.69) is 0 Å². The number of hydrogen-bond acceptors (Lipinski definition) is 5. The van der Waals surface area contributed by atoms with Crippen LogP contribution in [0.2, 0.25) is 0 Å². The topological polar surface area (TPSA) is 97.8 Å². The fourth-order valence-corrected chi connectivity index (χ4v) is 5.40. The molecule has 5 rings (SSSR count). The highest BCUT2D eigenvalue weighted by atomic mass is 19.1. The fraction of sp³-hybridized carbons (Fsp3) is 0.545. The Kier molecular flexibility index (Phi) is 4.32. The molecular formula is C22H26FN3O4. The fourth-order valence-electron chi connectivity index (χ4n) is 5.40. The molecule has 3 N–H and O–H groups in total. The van der Waals surface area contributed by atoms with Gasteiger partial charge in [0.05, 0.1) is 18.0 Å². The number of methoxy groups -OCH3 is 1. The average molecular weight is 415 g/mol. The molecule has 160 valence electrons. The molecular weight excluding hydrogens is 389 g/mol. The molecule has 0 spiro atoms. The van der Waals surface area contributed by atoms with Crippen molar-refractivity contribution in [1.29, 1.82) is 0 Å². The van der Waals surface area contributed by atoms with Crippen LogP contribution in [0.15, 0.2) is 17.1 Å². The van der Waals surface area contributed by atoms with Gasteiger partial charge in [0.1, 0.15) is 11.3 Å². The first-order valence-corrected chi connectivity index (χ1v) is 10.6. The lowest BCUT2D eigenvalue weighted by atomic mass is 9.76. The summed E-state index contributed by atoms with van der Waals surface area (Å²) < 4.78 is 22.9. The summed E-state index contributed by atoms with van der Waals surface area (Å²) in [6.45, 7) is 1.19. The summed E-state index contributed by atoms with van der Waals surface area (Å²) in [6, 6.07) is 1.26. The van der Waals surface area contributed by atoms with Crippen LogP contribution in [-0.2, 0) is 0 Å². The molecule has 2 heterocycles. The maximum absolute atomic E-state index is 15.4. The number of nitrogens with two attached hydrogens (primary N) is 1. The van der Waals surface area contributed by atoms with Gasteiger partial charge in [0.2, 0.25) is 5.43 Å². The minimum Gasteiger partial charge on any atom is -0.492 e. The van der Waals surface area contributed by atoms with Crippen LogP contribution in [0.5, 0.6) is 5.75 Å². The van der Waals surface area contributed by atoms with Gasteiger partial charge in [-0.25, -0.2) is 9.18 Å². The molecule has 1 aromatic carbocycles. The second-order valence-corrected chi connectivity index (χ2v) is 9.01. The van der Waals surface area contributed by atoms with Gasteiger partial charge >= 0.3 is 5.97 Å². The lowest BCUT2D eigenvalue weighted by Crippen LogP contribution is -2.49. The third-order valence-corrected chi connectivity index (χ3v) is 7.07. The van der Waals surface area contributed by atoms with E-state index in [0.29, 0.717) is 30.2 Å². The largest absolute Gasteiger partial charge is 0.492 e. The normalized spacial score (nSPS) is 26.1. The Morgan fingerprint density at radius 1 is 1.33 bits per heavy atom. The van der Waals surface area contributed by atoms with Gasteiger partial charge in [0, 0.05) is 30.9 Å². The summed E-state index contributed by atoms with van der Waals surface area (Å²) in [7, 11) is 1.46. The Morgan fingerprint density at radius 2 is 2.10 bits per heavy atom. The maximum Gasteiger partial charge on any atom is 0.341 e. The summed E-state index contributed by atoms with van der Waals surface area (Å²) in [5.74, 6) is -1.31. The number of fused-ring (bicyclic) bond motifs is 2. The Bertz CT molecular complexity index is 1110. The molecule has 8 heteroatoms. The third kappa shape index (κ3) is 2.80. The molecule has 30 heavy (non-hydrogen) atoms. The number of nitrogens with zero attached hydrogens (tertiary/aromatic N) is 2. The Balaban J connectivity index is 1.74. The van der Waals surface area contributed by atoms with E-state index in [9.17, 15) is 14.7 Å². The van der Waals surface area contributed by atoms with Crippen LogP contribution in [-0.4, -0.2) is 41.4 Å². The first-order chi connectivity index (χ1) is 14.3. The van der Waals surface area contributed by atoms with Crippen LogP contribution in [0.25, 0.3) is 10.9 Å². The van der Waals surface area contributed by atoms with E-state index in [4.69, 9.17) is 10.5 Å². The van der Waals surface area contributed by atoms with E-state index in [0.717, 1.165) is 38.5 Å². The van der Waals surface area contributed by atoms with Gasteiger partial charge < -0.3 is 25.0 Å². The second-order valence-electron chi connectivity index (χ2n) is 9.01. The molecule has 1 saturated heterocycles. The van der Waals surface area contributed by atoms with Crippen molar-refractivity contribution in [2.24, 2.45) is 11.7 Å². The van der Waals surface area contributed by atoms with Crippen LogP contribution in [0.4, 0.5) is 10.1 Å². The van der Waals surface area contributed by atoms with Gasteiger partial charge in [0.25, 0.3) is 0 Å². The summed E-state index contributed by atoms with van der Waals surface area (Å²) in [6.07, 6.45) is 7.29. The minimum absolute atomic E-state index is 0.0407. The molecule has 3 aliphatic rings. The Labute approximate surface area is 173 Å². The van der Waals surface area contributed by atoms with Crippen molar-refractivity contribution < 1.29 is 19.0 Å². The number of carboxylic acids is 1. The second kappa shape index (κ2) is 6.70. The number of carboxylic acid groups (broad SMARTS) is 1. The SMILES string of the molecule is COc1c(N2CC3CCCC[C@@]3(N)C2)c(F)cc2c(=O)c(C(=O)O)cn(C3CC3)c12. The number of pyridine rings is 1.